The highest BCUT2D eigenvalue weighted by Crippen LogP contribution is 2.31. The van der Waals surface area contributed by atoms with E-state index in [1.165, 1.54) is 34.7 Å². The Morgan fingerprint density at radius 1 is 1.00 bits per heavy atom. The summed E-state index contributed by atoms with van der Waals surface area (Å²) in [5.74, 6) is -0.934. The van der Waals surface area contributed by atoms with E-state index >= 15 is 0 Å². The maximum atomic E-state index is 13.2. The number of carbonyl (C=O) groups is 2. The number of piperidine rings is 1. The molecule has 1 aliphatic carbocycles. The van der Waals surface area contributed by atoms with Crippen LogP contribution in [0, 0.1) is 5.92 Å². The number of methoxy groups -OCH3 is 1. The predicted octanol–water partition coefficient (Wildman–Crippen LogP) is 3.07. The van der Waals surface area contributed by atoms with E-state index in [9.17, 15) is 18.0 Å². The molecule has 0 bridgehead atoms. The van der Waals surface area contributed by atoms with Crippen LogP contribution in [0.1, 0.15) is 53.2 Å². The lowest BCUT2D eigenvalue weighted by Crippen LogP contribution is -2.44. The SMILES string of the molecule is COC(=O)c1ccccc1S(=O)(=O)N1CCC(C(=O)N[C@H]2CCCc3ccccc32)CC1. The topological polar surface area (TPSA) is 92.8 Å². The van der Waals surface area contributed by atoms with Crippen LogP contribution in [-0.2, 0) is 26.0 Å². The zero-order valence-corrected chi connectivity index (χ0v) is 18.9. The number of nitrogens with zero attached hydrogens (tertiary/aromatic N) is 1. The molecule has 7 nitrogen and oxygen atoms in total. The lowest BCUT2D eigenvalue weighted by Gasteiger charge is -2.33. The van der Waals surface area contributed by atoms with Crippen LogP contribution in [0.3, 0.4) is 0 Å². The van der Waals surface area contributed by atoms with Crippen molar-refractivity contribution in [3.63, 3.8) is 0 Å². The van der Waals surface area contributed by atoms with Crippen molar-refractivity contribution in [3.8, 4) is 0 Å². The number of aryl methyl sites for hydroxylation is 1. The molecule has 1 saturated heterocycles. The third-order valence-corrected chi connectivity index (χ3v) is 8.38. The number of amides is 1. The Labute approximate surface area is 188 Å². The minimum Gasteiger partial charge on any atom is -0.465 e. The van der Waals surface area contributed by atoms with Gasteiger partial charge in [0, 0.05) is 19.0 Å². The molecule has 1 atom stereocenters. The molecule has 1 amide bonds. The lowest BCUT2D eigenvalue weighted by atomic mass is 9.87. The van der Waals surface area contributed by atoms with Crippen LogP contribution in [0.25, 0.3) is 0 Å². The van der Waals surface area contributed by atoms with Gasteiger partial charge in [0.1, 0.15) is 0 Å². The van der Waals surface area contributed by atoms with Crippen molar-refractivity contribution in [2.75, 3.05) is 20.2 Å². The highest BCUT2D eigenvalue weighted by Gasteiger charge is 2.35. The second-order valence-electron chi connectivity index (χ2n) is 8.32. The van der Waals surface area contributed by atoms with Gasteiger partial charge in [-0.1, -0.05) is 36.4 Å². The van der Waals surface area contributed by atoms with Gasteiger partial charge in [0.15, 0.2) is 0 Å². The largest absolute Gasteiger partial charge is 0.465 e. The van der Waals surface area contributed by atoms with Crippen molar-refractivity contribution >= 4 is 21.9 Å². The number of esters is 1. The zero-order valence-electron chi connectivity index (χ0n) is 18.1. The molecule has 32 heavy (non-hydrogen) atoms. The van der Waals surface area contributed by atoms with Crippen LogP contribution < -0.4 is 5.32 Å². The molecule has 0 radical (unpaired) electrons. The van der Waals surface area contributed by atoms with Gasteiger partial charge >= 0.3 is 5.97 Å². The Morgan fingerprint density at radius 2 is 1.69 bits per heavy atom. The average Bonchev–Trinajstić information content (AvgIpc) is 2.84. The number of ether oxygens (including phenoxy) is 1. The van der Waals surface area contributed by atoms with Crippen molar-refractivity contribution in [1.82, 2.24) is 9.62 Å². The summed E-state index contributed by atoms with van der Waals surface area (Å²) in [6.45, 7) is 0.467. The van der Waals surface area contributed by atoms with E-state index in [4.69, 9.17) is 4.74 Å². The second-order valence-corrected chi connectivity index (χ2v) is 10.2. The van der Waals surface area contributed by atoms with Crippen molar-refractivity contribution in [3.05, 3.63) is 65.2 Å². The molecule has 2 aliphatic rings. The molecule has 1 N–H and O–H groups in total. The first-order valence-electron chi connectivity index (χ1n) is 11.0. The van der Waals surface area contributed by atoms with Crippen LogP contribution in [0.4, 0.5) is 0 Å². The average molecular weight is 457 g/mol. The quantitative estimate of drug-likeness (QED) is 0.698. The van der Waals surface area contributed by atoms with Crippen LogP contribution in [0.5, 0.6) is 0 Å². The summed E-state index contributed by atoms with van der Waals surface area (Å²) in [4.78, 5) is 24.9. The molecule has 8 heteroatoms. The van der Waals surface area contributed by atoms with Gasteiger partial charge in [-0.15, -0.1) is 0 Å². The van der Waals surface area contributed by atoms with Crippen LogP contribution >= 0.6 is 0 Å². The Bertz CT molecular complexity index is 1110. The summed E-state index contributed by atoms with van der Waals surface area (Å²) in [6, 6.07) is 14.3. The van der Waals surface area contributed by atoms with E-state index in [1.54, 1.807) is 12.1 Å². The number of fused-ring (bicyclic) bond motifs is 1. The molecule has 1 aliphatic heterocycles. The number of hydrogen-bond acceptors (Lipinski definition) is 5. The Morgan fingerprint density at radius 3 is 2.44 bits per heavy atom. The molecule has 0 spiro atoms. The number of nitrogens with one attached hydrogen (secondary N) is 1. The molecule has 4 rings (SSSR count). The molecule has 1 heterocycles. The molecule has 0 saturated carbocycles. The first-order chi connectivity index (χ1) is 15.4. The first kappa shape index (κ1) is 22.5. The zero-order chi connectivity index (χ0) is 22.7. The molecule has 2 aromatic rings. The van der Waals surface area contributed by atoms with Crippen LogP contribution in [0.2, 0.25) is 0 Å². The number of carbonyl (C=O) groups excluding carboxylic acids is 2. The van der Waals surface area contributed by atoms with Gasteiger partial charge in [0.05, 0.1) is 23.6 Å². The summed E-state index contributed by atoms with van der Waals surface area (Å²) in [7, 11) is -2.64. The van der Waals surface area contributed by atoms with Crippen LogP contribution in [0.15, 0.2) is 53.4 Å². The number of rotatable bonds is 5. The highest BCUT2D eigenvalue weighted by atomic mass is 32.2. The third kappa shape index (κ3) is 4.42. The summed E-state index contributed by atoms with van der Waals surface area (Å²) in [6.07, 6.45) is 3.88. The van der Waals surface area contributed by atoms with Crippen LogP contribution in [-0.4, -0.2) is 44.8 Å². The molecule has 2 aromatic carbocycles. The molecule has 0 unspecified atom stereocenters. The van der Waals surface area contributed by atoms with Gasteiger partial charge in [0.2, 0.25) is 15.9 Å². The van der Waals surface area contributed by atoms with E-state index < -0.39 is 16.0 Å². The smallest absolute Gasteiger partial charge is 0.339 e. The monoisotopic (exact) mass is 456 g/mol. The summed E-state index contributed by atoms with van der Waals surface area (Å²) < 4.78 is 32.4. The van der Waals surface area contributed by atoms with E-state index in [-0.39, 0.29) is 41.4 Å². The van der Waals surface area contributed by atoms with Crippen molar-refractivity contribution in [1.29, 1.82) is 0 Å². The van der Waals surface area contributed by atoms with E-state index in [1.807, 2.05) is 12.1 Å². The Balaban J connectivity index is 1.42. The van der Waals surface area contributed by atoms with Gasteiger partial charge in [-0.2, -0.15) is 4.31 Å². The maximum absolute atomic E-state index is 13.2. The lowest BCUT2D eigenvalue weighted by molar-refractivity contribution is -0.127. The fourth-order valence-electron chi connectivity index (χ4n) is 4.66. The summed E-state index contributed by atoms with van der Waals surface area (Å²) in [5.41, 5.74) is 2.49. The van der Waals surface area contributed by atoms with Crippen molar-refractivity contribution in [2.45, 2.75) is 43.0 Å². The minimum absolute atomic E-state index is 0.0149. The minimum atomic E-state index is -3.86. The Kier molecular flexibility index (Phi) is 6.62. The fourth-order valence-corrected chi connectivity index (χ4v) is 6.31. The van der Waals surface area contributed by atoms with Gasteiger partial charge in [-0.3, -0.25) is 4.79 Å². The van der Waals surface area contributed by atoms with Crippen molar-refractivity contribution in [2.24, 2.45) is 5.92 Å². The molecular formula is C24H28N2O5S. The molecule has 170 valence electrons. The third-order valence-electron chi connectivity index (χ3n) is 6.42. The van der Waals surface area contributed by atoms with Gasteiger partial charge in [-0.05, 0) is 55.4 Å². The highest BCUT2D eigenvalue weighted by molar-refractivity contribution is 7.89. The predicted molar refractivity (Wildman–Crippen MR) is 120 cm³/mol. The maximum Gasteiger partial charge on any atom is 0.339 e. The number of benzene rings is 2. The second kappa shape index (κ2) is 9.42. The first-order valence-corrected chi connectivity index (χ1v) is 12.4. The van der Waals surface area contributed by atoms with E-state index in [0.29, 0.717) is 12.8 Å². The van der Waals surface area contributed by atoms with Gasteiger partial charge < -0.3 is 10.1 Å². The standard InChI is InChI=1S/C24H28N2O5S/c1-31-24(28)20-10-4-5-12-22(20)32(29,30)26-15-13-18(14-16-26)23(27)25-21-11-6-8-17-7-2-3-9-19(17)21/h2-5,7,9-10,12,18,21H,6,8,11,13-16H2,1H3,(H,25,27)/t21-/m0/s1. The van der Waals surface area contributed by atoms with E-state index in [2.05, 4.69) is 17.4 Å². The normalized spacial score (nSPS) is 19.7. The summed E-state index contributed by atoms with van der Waals surface area (Å²) >= 11 is 0. The fraction of sp³-hybridized carbons (Fsp3) is 0.417. The molecule has 1 fully saturated rings. The molecule has 0 aromatic heterocycles. The van der Waals surface area contributed by atoms with E-state index in [0.717, 1.165) is 19.3 Å². The number of hydrogen-bond donors (Lipinski definition) is 1. The van der Waals surface area contributed by atoms with Crippen molar-refractivity contribution < 1.29 is 22.7 Å². The Hall–Kier alpha value is -2.71. The molecular weight excluding hydrogens is 428 g/mol. The van der Waals surface area contributed by atoms with Gasteiger partial charge in [-0.25, -0.2) is 13.2 Å². The summed E-state index contributed by atoms with van der Waals surface area (Å²) in [5, 5.41) is 3.19. The number of sulfonamides is 1. The van der Waals surface area contributed by atoms with Gasteiger partial charge in [0.25, 0.3) is 0 Å².